The second kappa shape index (κ2) is 6.09. The average molecular weight is 274 g/mol. The number of Topliss-reactive ketones (excluding diaryl/α,β-unsaturated/α-hetero) is 1. The van der Waals surface area contributed by atoms with E-state index in [2.05, 4.69) is 9.97 Å². The number of hydrogen-bond acceptors (Lipinski definition) is 3. The van der Waals surface area contributed by atoms with Crippen LogP contribution in [0.15, 0.2) is 73.2 Å². The van der Waals surface area contributed by atoms with Gasteiger partial charge < -0.3 is 0 Å². The summed E-state index contributed by atoms with van der Waals surface area (Å²) in [7, 11) is 0. The molecule has 0 spiro atoms. The lowest BCUT2D eigenvalue weighted by atomic mass is 10.0. The lowest BCUT2D eigenvalue weighted by Gasteiger charge is -2.03. The molecule has 0 radical (unpaired) electrons. The Kier molecular flexibility index (Phi) is 3.83. The minimum Gasteiger partial charge on any atom is -0.294 e. The van der Waals surface area contributed by atoms with Crippen molar-refractivity contribution in [3.63, 3.8) is 0 Å². The van der Waals surface area contributed by atoms with Crippen LogP contribution in [-0.2, 0) is 6.42 Å². The van der Waals surface area contributed by atoms with Crippen LogP contribution in [0.5, 0.6) is 0 Å². The Balaban J connectivity index is 1.75. The number of benzene rings is 1. The minimum atomic E-state index is 0.103. The molecule has 2 aromatic heterocycles. The van der Waals surface area contributed by atoms with E-state index in [0.717, 1.165) is 22.4 Å². The Morgan fingerprint density at radius 1 is 0.905 bits per heavy atom. The summed E-state index contributed by atoms with van der Waals surface area (Å²) in [5, 5.41) is 0. The van der Waals surface area contributed by atoms with Gasteiger partial charge in [0, 0.05) is 36.1 Å². The summed E-state index contributed by atoms with van der Waals surface area (Å²) in [6, 6.07) is 17.0. The molecule has 0 unspecified atom stereocenters. The van der Waals surface area contributed by atoms with Crippen molar-refractivity contribution in [2.24, 2.45) is 0 Å². The van der Waals surface area contributed by atoms with Gasteiger partial charge in [0.1, 0.15) is 0 Å². The van der Waals surface area contributed by atoms with Crippen molar-refractivity contribution in [3.8, 4) is 11.3 Å². The van der Waals surface area contributed by atoms with E-state index in [9.17, 15) is 4.79 Å². The van der Waals surface area contributed by atoms with Crippen LogP contribution in [-0.4, -0.2) is 15.8 Å². The van der Waals surface area contributed by atoms with Crippen LogP contribution < -0.4 is 0 Å². The molecule has 102 valence electrons. The normalized spacial score (nSPS) is 10.3. The highest BCUT2D eigenvalue weighted by Crippen LogP contribution is 2.16. The Hall–Kier alpha value is -2.81. The van der Waals surface area contributed by atoms with Gasteiger partial charge in [0.15, 0.2) is 5.78 Å². The van der Waals surface area contributed by atoms with E-state index < -0.39 is 0 Å². The van der Waals surface area contributed by atoms with E-state index in [1.807, 2.05) is 54.6 Å². The number of carbonyl (C=O) groups is 1. The van der Waals surface area contributed by atoms with Crippen LogP contribution in [0.3, 0.4) is 0 Å². The van der Waals surface area contributed by atoms with Gasteiger partial charge >= 0.3 is 0 Å². The summed E-state index contributed by atoms with van der Waals surface area (Å²) in [5.74, 6) is 0.103. The van der Waals surface area contributed by atoms with Gasteiger partial charge in [-0.3, -0.25) is 14.8 Å². The van der Waals surface area contributed by atoms with Crippen molar-refractivity contribution in [1.82, 2.24) is 9.97 Å². The van der Waals surface area contributed by atoms with Gasteiger partial charge in [0.05, 0.1) is 5.69 Å². The highest BCUT2D eigenvalue weighted by molar-refractivity contribution is 5.97. The maximum Gasteiger partial charge on any atom is 0.167 e. The van der Waals surface area contributed by atoms with Crippen LogP contribution >= 0.6 is 0 Å². The molecule has 0 aliphatic carbocycles. The fourth-order valence-electron chi connectivity index (χ4n) is 2.13. The average Bonchev–Trinajstić information content (AvgIpc) is 2.57. The summed E-state index contributed by atoms with van der Waals surface area (Å²) in [5.41, 5.74) is 3.47. The van der Waals surface area contributed by atoms with Crippen molar-refractivity contribution in [2.45, 2.75) is 6.42 Å². The third-order valence-electron chi connectivity index (χ3n) is 3.24. The standard InChI is InChI=1S/C18H14N2O/c21-18(15-5-2-1-3-6-15)11-14-8-9-17(20-12-14)16-7-4-10-19-13-16/h1-10,12-13H,11H2. The van der Waals surface area contributed by atoms with E-state index in [1.165, 1.54) is 0 Å². The monoisotopic (exact) mass is 274 g/mol. The molecule has 1 aromatic carbocycles. The molecule has 0 aliphatic heterocycles. The molecule has 0 fully saturated rings. The van der Waals surface area contributed by atoms with E-state index in [0.29, 0.717) is 6.42 Å². The highest BCUT2D eigenvalue weighted by atomic mass is 16.1. The molecule has 0 saturated heterocycles. The van der Waals surface area contributed by atoms with Crippen molar-refractivity contribution in [2.75, 3.05) is 0 Å². The first kappa shape index (κ1) is 13.2. The maximum absolute atomic E-state index is 12.1. The van der Waals surface area contributed by atoms with Gasteiger partial charge in [0.2, 0.25) is 0 Å². The summed E-state index contributed by atoms with van der Waals surface area (Å²) < 4.78 is 0. The summed E-state index contributed by atoms with van der Waals surface area (Å²) >= 11 is 0. The fraction of sp³-hybridized carbons (Fsp3) is 0.0556. The SMILES string of the molecule is O=C(Cc1ccc(-c2cccnc2)nc1)c1ccccc1. The number of hydrogen-bond donors (Lipinski definition) is 0. The highest BCUT2D eigenvalue weighted by Gasteiger charge is 2.07. The van der Waals surface area contributed by atoms with Crippen LogP contribution in [0.25, 0.3) is 11.3 Å². The van der Waals surface area contributed by atoms with E-state index in [1.54, 1.807) is 18.6 Å². The predicted molar refractivity (Wildman–Crippen MR) is 81.9 cm³/mol. The zero-order valence-corrected chi connectivity index (χ0v) is 11.4. The predicted octanol–water partition coefficient (Wildman–Crippen LogP) is 3.57. The maximum atomic E-state index is 12.1. The smallest absolute Gasteiger partial charge is 0.167 e. The van der Waals surface area contributed by atoms with Gasteiger partial charge in [-0.05, 0) is 23.8 Å². The molecule has 0 amide bonds. The largest absolute Gasteiger partial charge is 0.294 e. The third-order valence-corrected chi connectivity index (χ3v) is 3.24. The Labute approximate surface area is 123 Å². The molecule has 2 heterocycles. The van der Waals surface area contributed by atoms with Gasteiger partial charge in [-0.2, -0.15) is 0 Å². The van der Waals surface area contributed by atoms with E-state index in [4.69, 9.17) is 0 Å². The molecule has 3 rings (SSSR count). The molecule has 0 bridgehead atoms. The molecule has 3 nitrogen and oxygen atoms in total. The van der Waals surface area contributed by atoms with Crippen molar-refractivity contribution >= 4 is 5.78 Å². The molecule has 0 aliphatic rings. The van der Waals surface area contributed by atoms with Gasteiger partial charge in [-0.25, -0.2) is 0 Å². The number of aromatic nitrogens is 2. The second-order valence-electron chi connectivity index (χ2n) is 4.76. The number of carbonyl (C=O) groups excluding carboxylic acids is 1. The summed E-state index contributed by atoms with van der Waals surface area (Å²) in [6.45, 7) is 0. The molecule has 0 N–H and O–H groups in total. The van der Waals surface area contributed by atoms with Crippen LogP contribution in [0.4, 0.5) is 0 Å². The number of rotatable bonds is 4. The minimum absolute atomic E-state index is 0.103. The molecule has 0 saturated carbocycles. The molecule has 3 aromatic rings. The molecule has 21 heavy (non-hydrogen) atoms. The topological polar surface area (TPSA) is 42.9 Å². The van der Waals surface area contributed by atoms with E-state index >= 15 is 0 Å². The first-order chi connectivity index (χ1) is 10.3. The first-order valence-electron chi connectivity index (χ1n) is 6.76. The van der Waals surface area contributed by atoms with E-state index in [-0.39, 0.29) is 5.78 Å². The summed E-state index contributed by atoms with van der Waals surface area (Å²) in [4.78, 5) is 20.6. The lowest BCUT2D eigenvalue weighted by molar-refractivity contribution is 0.0993. The number of nitrogens with zero attached hydrogens (tertiary/aromatic N) is 2. The third kappa shape index (κ3) is 3.20. The van der Waals surface area contributed by atoms with Gasteiger partial charge in [0.25, 0.3) is 0 Å². The zero-order chi connectivity index (χ0) is 14.5. The number of pyridine rings is 2. The van der Waals surface area contributed by atoms with Crippen molar-refractivity contribution in [1.29, 1.82) is 0 Å². The molecular weight excluding hydrogens is 260 g/mol. The van der Waals surface area contributed by atoms with Crippen molar-refractivity contribution < 1.29 is 4.79 Å². The molecule has 0 atom stereocenters. The quantitative estimate of drug-likeness (QED) is 0.683. The van der Waals surface area contributed by atoms with Gasteiger partial charge in [-0.15, -0.1) is 0 Å². The van der Waals surface area contributed by atoms with Gasteiger partial charge in [-0.1, -0.05) is 36.4 Å². The summed E-state index contributed by atoms with van der Waals surface area (Å²) in [6.07, 6.45) is 5.63. The zero-order valence-electron chi connectivity index (χ0n) is 11.4. The van der Waals surface area contributed by atoms with Crippen LogP contribution in [0.2, 0.25) is 0 Å². The number of ketones is 1. The van der Waals surface area contributed by atoms with Crippen LogP contribution in [0.1, 0.15) is 15.9 Å². The first-order valence-corrected chi connectivity index (χ1v) is 6.76. The van der Waals surface area contributed by atoms with Crippen LogP contribution in [0, 0.1) is 0 Å². The molecular formula is C18H14N2O. The Bertz CT molecular complexity index is 722. The molecule has 3 heteroatoms. The second-order valence-corrected chi connectivity index (χ2v) is 4.76. The Morgan fingerprint density at radius 3 is 2.43 bits per heavy atom. The fourth-order valence-corrected chi connectivity index (χ4v) is 2.13. The lowest BCUT2D eigenvalue weighted by Crippen LogP contribution is -2.03. The van der Waals surface area contributed by atoms with Crippen molar-refractivity contribution in [3.05, 3.63) is 84.3 Å². The Morgan fingerprint density at radius 2 is 1.76 bits per heavy atom.